The quantitative estimate of drug-likeness (QED) is 0.832. The van der Waals surface area contributed by atoms with E-state index < -0.39 is 5.82 Å². The molecule has 0 saturated carbocycles. The molecule has 0 radical (unpaired) electrons. The summed E-state index contributed by atoms with van der Waals surface area (Å²) in [5.41, 5.74) is 8.31. The summed E-state index contributed by atoms with van der Waals surface area (Å²) in [5.74, 6) is -0.595. The number of halogens is 1. The molecule has 0 spiro atoms. The van der Waals surface area contributed by atoms with Crippen molar-refractivity contribution < 1.29 is 9.18 Å². The highest BCUT2D eigenvalue weighted by Crippen LogP contribution is 2.19. The van der Waals surface area contributed by atoms with Crippen molar-refractivity contribution in [3.63, 3.8) is 0 Å². The number of hydrogen-bond donors (Lipinski definition) is 2. The maximum Gasteiger partial charge on any atom is 0.228 e. The minimum Gasteiger partial charge on any atom is -0.397 e. The van der Waals surface area contributed by atoms with Crippen LogP contribution >= 0.6 is 0 Å². The van der Waals surface area contributed by atoms with Gasteiger partial charge in [-0.2, -0.15) is 0 Å². The summed E-state index contributed by atoms with van der Waals surface area (Å²) in [4.78, 5) is 11.9. The average molecular weight is 258 g/mol. The van der Waals surface area contributed by atoms with E-state index in [4.69, 9.17) is 5.73 Å². The first-order valence-corrected chi connectivity index (χ1v) is 5.95. The molecule has 0 unspecified atom stereocenters. The van der Waals surface area contributed by atoms with Gasteiger partial charge in [-0.05, 0) is 36.2 Å². The van der Waals surface area contributed by atoms with Crippen LogP contribution in [0.1, 0.15) is 11.1 Å². The lowest BCUT2D eigenvalue weighted by molar-refractivity contribution is -0.115. The fraction of sp³-hybridized carbons (Fsp3) is 0.133. The molecule has 19 heavy (non-hydrogen) atoms. The van der Waals surface area contributed by atoms with Crippen molar-refractivity contribution in [1.29, 1.82) is 0 Å². The van der Waals surface area contributed by atoms with Crippen LogP contribution in [0.25, 0.3) is 0 Å². The van der Waals surface area contributed by atoms with Gasteiger partial charge in [0, 0.05) is 0 Å². The Morgan fingerprint density at radius 3 is 2.68 bits per heavy atom. The minimum absolute atomic E-state index is 0.174. The third-order valence-electron chi connectivity index (χ3n) is 2.90. The Labute approximate surface area is 111 Å². The van der Waals surface area contributed by atoms with Crippen LogP contribution in [0.2, 0.25) is 0 Å². The van der Waals surface area contributed by atoms with Gasteiger partial charge >= 0.3 is 0 Å². The Morgan fingerprint density at radius 2 is 2.00 bits per heavy atom. The van der Waals surface area contributed by atoms with Crippen LogP contribution in [0, 0.1) is 12.7 Å². The number of rotatable bonds is 3. The van der Waals surface area contributed by atoms with Crippen LogP contribution in [0.4, 0.5) is 15.8 Å². The number of nitrogen functional groups attached to an aromatic ring is 1. The molecule has 0 heterocycles. The van der Waals surface area contributed by atoms with Crippen molar-refractivity contribution in [3.05, 3.63) is 59.4 Å². The van der Waals surface area contributed by atoms with Gasteiger partial charge in [0.05, 0.1) is 17.8 Å². The first-order chi connectivity index (χ1) is 9.06. The van der Waals surface area contributed by atoms with Crippen LogP contribution in [0.5, 0.6) is 0 Å². The smallest absolute Gasteiger partial charge is 0.228 e. The molecule has 0 aliphatic carbocycles. The summed E-state index contributed by atoms with van der Waals surface area (Å²) in [6.45, 7) is 1.95. The monoisotopic (exact) mass is 258 g/mol. The summed E-state index contributed by atoms with van der Waals surface area (Å²) in [6.07, 6.45) is 0.267. The number of carbonyl (C=O) groups excluding carboxylic acids is 1. The topological polar surface area (TPSA) is 55.1 Å². The summed E-state index contributed by atoms with van der Waals surface area (Å²) in [7, 11) is 0. The number of nitrogens with two attached hydrogens (primary N) is 1. The number of benzene rings is 2. The molecule has 1 amide bonds. The second-order valence-electron chi connectivity index (χ2n) is 4.38. The fourth-order valence-corrected chi connectivity index (χ4v) is 1.82. The second kappa shape index (κ2) is 5.52. The van der Waals surface area contributed by atoms with Crippen molar-refractivity contribution in [2.75, 3.05) is 11.1 Å². The molecule has 2 aromatic carbocycles. The van der Waals surface area contributed by atoms with E-state index in [0.29, 0.717) is 5.69 Å². The SMILES string of the molecule is Cc1ccccc1CC(=O)Nc1ccc(F)cc1N. The van der Waals surface area contributed by atoms with Gasteiger partial charge in [0.25, 0.3) is 0 Å². The highest BCUT2D eigenvalue weighted by atomic mass is 19.1. The Hall–Kier alpha value is -2.36. The first-order valence-electron chi connectivity index (χ1n) is 5.95. The highest BCUT2D eigenvalue weighted by molar-refractivity contribution is 5.95. The zero-order chi connectivity index (χ0) is 13.8. The number of anilines is 2. The number of carbonyl (C=O) groups is 1. The van der Waals surface area contributed by atoms with E-state index in [9.17, 15) is 9.18 Å². The van der Waals surface area contributed by atoms with E-state index in [1.54, 1.807) is 0 Å². The molecular weight excluding hydrogens is 243 g/mol. The first kappa shape index (κ1) is 13.1. The molecule has 0 aromatic heterocycles. The molecule has 0 atom stereocenters. The predicted octanol–water partition coefficient (Wildman–Crippen LogP) is 2.90. The third kappa shape index (κ3) is 3.31. The fourth-order valence-electron chi connectivity index (χ4n) is 1.82. The number of aryl methyl sites for hydroxylation is 1. The van der Waals surface area contributed by atoms with E-state index in [2.05, 4.69) is 5.32 Å². The zero-order valence-corrected chi connectivity index (χ0v) is 10.6. The van der Waals surface area contributed by atoms with E-state index in [-0.39, 0.29) is 18.0 Å². The zero-order valence-electron chi connectivity index (χ0n) is 10.6. The number of hydrogen-bond acceptors (Lipinski definition) is 2. The summed E-state index contributed by atoms with van der Waals surface area (Å²) >= 11 is 0. The lowest BCUT2D eigenvalue weighted by atomic mass is 10.1. The van der Waals surface area contributed by atoms with Crippen LogP contribution in [0.3, 0.4) is 0 Å². The van der Waals surface area contributed by atoms with Gasteiger partial charge in [-0.15, -0.1) is 0 Å². The molecule has 4 heteroatoms. The van der Waals surface area contributed by atoms with Crippen LogP contribution < -0.4 is 11.1 Å². The average Bonchev–Trinajstić information content (AvgIpc) is 2.36. The van der Waals surface area contributed by atoms with E-state index in [0.717, 1.165) is 11.1 Å². The third-order valence-corrected chi connectivity index (χ3v) is 2.90. The standard InChI is InChI=1S/C15H15FN2O/c1-10-4-2-3-5-11(10)8-15(19)18-14-7-6-12(16)9-13(14)17/h2-7,9H,8,17H2,1H3,(H,18,19). The number of nitrogens with one attached hydrogen (secondary N) is 1. The van der Waals surface area contributed by atoms with Crippen molar-refractivity contribution in [1.82, 2.24) is 0 Å². The predicted molar refractivity (Wildman–Crippen MR) is 74.3 cm³/mol. The van der Waals surface area contributed by atoms with E-state index in [1.807, 2.05) is 31.2 Å². The second-order valence-corrected chi connectivity index (χ2v) is 4.38. The Morgan fingerprint density at radius 1 is 1.26 bits per heavy atom. The molecule has 3 N–H and O–H groups in total. The van der Waals surface area contributed by atoms with Gasteiger partial charge in [0.1, 0.15) is 5.82 Å². The van der Waals surface area contributed by atoms with Gasteiger partial charge in [0.2, 0.25) is 5.91 Å². The largest absolute Gasteiger partial charge is 0.397 e. The molecule has 3 nitrogen and oxygen atoms in total. The van der Waals surface area contributed by atoms with Gasteiger partial charge in [-0.3, -0.25) is 4.79 Å². The Bertz CT molecular complexity index is 611. The van der Waals surface area contributed by atoms with Crippen molar-refractivity contribution >= 4 is 17.3 Å². The Balaban J connectivity index is 2.08. The van der Waals surface area contributed by atoms with Gasteiger partial charge in [0.15, 0.2) is 0 Å². The molecule has 98 valence electrons. The van der Waals surface area contributed by atoms with Crippen molar-refractivity contribution in [3.8, 4) is 0 Å². The molecular formula is C15H15FN2O. The van der Waals surface area contributed by atoms with Gasteiger partial charge < -0.3 is 11.1 Å². The number of amides is 1. The molecule has 2 rings (SSSR count). The van der Waals surface area contributed by atoms with E-state index in [1.165, 1.54) is 18.2 Å². The maximum atomic E-state index is 12.9. The molecule has 2 aromatic rings. The molecule has 0 aliphatic heterocycles. The Kier molecular flexibility index (Phi) is 3.80. The lowest BCUT2D eigenvalue weighted by Crippen LogP contribution is -2.16. The summed E-state index contributed by atoms with van der Waals surface area (Å²) in [5, 5.41) is 2.68. The van der Waals surface area contributed by atoms with Crippen LogP contribution in [-0.2, 0) is 11.2 Å². The van der Waals surface area contributed by atoms with Crippen molar-refractivity contribution in [2.45, 2.75) is 13.3 Å². The van der Waals surface area contributed by atoms with Crippen LogP contribution in [-0.4, -0.2) is 5.91 Å². The molecule has 0 bridgehead atoms. The lowest BCUT2D eigenvalue weighted by Gasteiger charge is -2.09. The summed E-state index contributed by atoms with van der Waals surface area (Å²) < 4.78 is 12.9. The molecule has 0 aliphatic rings. The van der Waals surface area contributed by atoms with Crippen molar-refractivity contribution in [2.24, 2.45) is 0 Å². The van der Waals surface area contributed by atoms with Crippen LogP contribution in [0.15, 0.2) is 42.5 Å². The highest BCUT2D eigenvalue weighted by Gasteiger charge is 2.08. The normalized spacial score (nSPS) is 10.2. The van der Waals surface area contributed by atoms with Gasteiger partial charge in [-0.1, -0.05) is 24.3 Å². The van der Waals surface area contributed by atoms with Gasteiger partial charge in [-0.25, -0.2) is 4.39 Å². The summed E-state index contributed by atoms with van der Waals surface area (Å²) in [6, 6.07) is 11.6. The van der Waals surface area contributed by atoms with E-state index >= 15 is 0 Å². The molecule has 0 saturated heterocycles. The maximum absolute atomic E-state index is 12.9. The minimum atomic E-state index is -0.422. The molecule has 0 fully saturated rings.